The van der Waals surface area contributed by atoms with Crippen molar-refractivity contribution < 1.29 is 27.2 Å². The summed E-state index contributed by atoms with van der Waals surface area (Å²) in [6.07, 6.45) is -3.80. The van der Waals surface area contributed by atoms with Gasteiger partial charge in [-0.25, -0.2) is 4.79 Å². The lowest BCUT2D eigenvalue weighted by Crippen LogP contribution is -2.53. The predicted octanol–water partition coefficient (Wildman–Crippen LogP) is 2.96. The highest BCUT2D eigenvalue weighted by molar-refractivity contribution is 5.96. The van der Waals surface area contributed by atoms with Gasteiger partial charge in [0.25, 0.3) is 0 Å². The average Bonchev–Trinajstić information content (AvgIpc) is 2.91. The van der Waals surface area contributed by atoms with Crippen molar-refractivity contribution in [2.24, 2.45) is 5.92 Å². The molecule has 0 saturated carbocycles. The number of aryl methyl sites for hydroxylation is 1. The number of carbonyl (C=O) groups is 2. The SMILES string of the molecule is Cc1occ(C(F)(F)F)c1CCN1CCC(=O)N(CC(C)C#N)C1=O. The van der Waals surface area contributed by atoms with Gasteiger partial charge in [0.1, 0.15) is 12.0 Å². The van der Waals surface area contributed by atoms with Crippen molar-refractivity contribution in [3.63, 3.8) is 0 Å². The molecular weight excluding hydrogens is 339 g/mol. The Bertz CT molecular complexity index is 706. The second-order valence-electron chi connectivity index (χ2n) is 5.99. The van der Waals surface area contributed by atoms with Gasteiger partial charge in [0.2, 0.25) is 5.91 Å². The number of urea groups is 1. The van der Waals surface area contributed by atoms with E-state index in [2.05, 4.69) is 0 Å². The predicted molar refractivity (Wildman–Crippen MR) is 80.2 cm³/mol. The first kappa shape index (κ1) is 18.8. The van der Waals surface area contributed by atoms with Crippen molar-refractivity contribution in [1.29, 1.82) is 5.26 Å². The zero-order valence-electron chi connectivity index (χ0n) is 13.9. The Balaban J connectivity index is 2.09. The number of carbonyl (C=O) groups excluding carboxylic acids is 2. The first-order valence-electron chi connectivity index (χ1n) is 7.78. The maximum atomic E-state index is 13.0. The van der Waals surface area contributed by atoms with Crippen molar-refractivity contribution in [1.82, 2.24) is 9.80 Å². The van der Waals surface area contributed by atoms with Crippen LogP contribution in [0.25, 0.3) is 0 Å². The molecule has 1 aromatic rings. The van der Waals surface area contributed by atoms with Crippen LogP contribution in [-0.4, -0.2) is 41.4 Å². The number of nitriles is 1. The summed E-state index contributed by atoms with van der Waals surface area (Å²) >= 11 is 0. The van der Waals surface area contributed by atoms with Crippen molar-refractivity contribution in [3.8, 4) is 6.07 Å². The molecule has 0 spiro atoms. The Morgan fingerprint density at radius 2 is 2.08 bits per heavy atom. The summed E-state index contributed by atoms with van der Waals surface area (Å²) in [6.45, 7) is 3.18. The van der Waals surface area contributed by atoms with E-state index < -0.39 is 23.7 Å². The Kier molecular flexibility index (Phi) is 5.40. The maximum Gasteiger partial charge on any atom is 0.419 e. The van der Waals surface area contributed by atoms with Crippen molar-refractivity contribution in [2.45, 2.75) is 32.9 Å². The third kappa shape index (κ3) is 4.13. The van der Waals surface area contributed by atoms with Gasteiger partial charge in [-0.1, -0.05) is 0 Å². The van der Waals surface area contributed by atoms with Crippen LogP contribution in [0.1, 0.15) is 30.2 Å². The first-order valence-corrected chi connectivity index (χ1v) is 7.78. The van der Waals surface area contributed by atoms with Crippen molar-refractivity contribution in [2.75, 3.05) is 19.6 Å². The molecule has 0 aliphatic carbocycles. The smallest absolute Gasteiger partial charge is 0.419 e. The topological polar surface area (TPSA) is 77.6 Å². The van der Waals surface area contributed by atoms with E-state index >= 15 is 0 Å². The Hall–Kier alpha value is -2.50. The fourth-order valence-electron chi connectivity index (χ4n) is 2.72. The molecule has 0 bridgehead atoms. The molecule has 1 unspecified atom stereocenters. The molecule has 1 aliphatic heterocycles. The summed E-state index contributed by atoms with van der Waals surface area (Å²) in [5.74, 6) is -0.734. The minimum atomic E-state index is -4.52. The van der Waals surface area contributed by atoms with Crippen LogP contribution in [0.3, 0.4) is 0 Å². The number of rotatable bonds is 5. The van der Waals surface area contributed by atoms with Gasteiger partial charge < -0.3 is 9.32 Å². The first-order chi connectivity index (χ1) is 11.6. The molecule has 0 aromatic carbocycles. The highest BCUT2D eigenvalue weighted by Crippen LogP contribution is 2.34. The molecule has 1 saturated heterocycles. The van der Waals surface area contributed by atoms with E-state index in [1.807, 2.05) is 6.07 Å². The third-order valence-electron chi connectivity index (χ3n) is 4.12. The van der Waals surface area contributed by atoms with E-state index in [9.17, 15) is 22.8 Å². The molecule has 2 heterocycles. The van der Waals surface area contributed by atoms with Crippen LogP contribution in [0.2, 0.25) is 0 Å². The summed E-state index contributed by atoms with van der Waals surface area (Å²) < 4.78 is 43.8. The van der Waals surface area contributed by atoms with E-state index in [1.54, 1.807) is 6.92 Å². The minimum absolute atomic E-state index is 0.00847. The second-order valence-corrected chi connectivity index (χ2v) is 5.99. The average molecular weight is 357 g/mol. The zero-order chi connectivity index (χ0) is 18.8. The molecule has 1 aliphatic rings. The van der Waals surface area contributed by atoms with E-state index in [4.69, 9.17) is 9.68 Å². The number of nitrogens with zero attached hydrogens (tertiary/aromatic N) is 3. The van der Waals surface area contributed by atoms with Gasteiger partial charge in [-0.05, 0) is 20.3 Å². The standard InChI is InChI=1S/C16H18F3N3O3/c1-10(7-20)8-22-14(23)4-6-21(15(22)24)5-3-12-11(2)25-9-13(12)16(17,18)19/h9-10H,3-6,8H2,1-2H3. The zero-order valence-corrected chi connectivity index (χ0v) is 13.9. The van der Waals surface area contributed by atoms with Gasteiger partial charge in [-0.3, -0.25) is 9.69 Å². The summed E-state index contributed by atoms with van der Waals surface area (Å²) in [5, 5.41) is 8.84. The van der Waals surface area contributed by atoms with E-state index in [0.717, 1.165) is 4.90 Å². The maximum absolute atomic E-state index is 13.0. The number of halogens is 3. The quantitative estimate of drug-likeness (QED) is 0.812. The molecule has 1 fully saturated rings. The summed E-state index contributed by atoms with van der Waals surface area (Å²) in [5.41, 5.74) is -0.838. The third-order valence-corrected chi connectivity index (χ3v) is 4.12. The molecule has 1 aromatic heterocycles. The molecule has 0 N–H and O–H groups in total. The van der Waals surface area contributed by atoms with E-state index in [-0.39, 0.29) is 49.7 Å². The van der Waals surface area contributed by atoms with Gasteiger partial charge in [-0.2, -0.15) is 18.4 Å². The number of imide groups is 1. The second kappa shape index (κ2) is 7.17. The van der Waals surface area contributed by atoms with Gasteiger partial charge >= 0.3 is 12.2 Å². The van der Waals surface area contributed by atoms with Crippen LogP contribution in [0.5, 0.6) is 0 Å². The Labute approximate surface area is 142 Å². The number of furan rings is 1. The highest BCUT2D eigenvalue weighted by atomic mass is 19.4. The van der Waals surface area contributed by atoms with Crippen LogP contribution in [0, 0.1) is 24.2 Å². The highest BCUT2D eigenvalue weighted by Gasteiger charge is 2.37. The fourth-order valence-corrected chi connectivity index (χ4v) is 2.72. The summed E-state index contributed by atoms with van der Waals surface area (Å²) in [4.78, 5) is 26.6. The number of amides is 3. The van der Waals surface area contributed by atoms with E-state index in [0.29, 0.717) is 6.26 Å². The molecule has 136 valence electrons. The monoisotopic (exact) mass is 357 g/mol. The lowest BCUT2D eigenvalue weighted by molar-refractivity contribution is -0.138. The summed E-state index contributed by atoms with van der Waals surface area (Å²) in [7, 11) is 0. The van der Waals surface area contributed by atoms with Gasteiger partial charge in [0, 0.05) is 31.6 Å². The number of hydrogen-bond donors (Lipinski definition) is 0. The Morgan fingerprint density at radius 1 is 1.40 bits per heavy atom. The van der Waals surface area contributed by atoms with Gasteiger partial charge in [0.15, 0.2) is 0 Å². The van der Waals surface area contributed by atoms with E-state index in [1.165, 1.54) is 11.8 Å². The van der Waals surface area contributed by atoms with Crippen molar-refractivity contribution >= 4 is 11.9 Å². The van der Waals surface area contributed by atoms with Crippen LogP contribution in [-0.2, 0) is 17.4 Å². The molecule has 0 radical (unpaired) electrons. The molecule has 1 atom stereocenters. The molecule has 3 amide bonds. The van der Waals surface area contributed by atoms with Crippen LogP contribution in [0.15, 0.2) is 10.7 Å². The molecule has 25 heavy (non-hydrogen) atoms. The molecule has 2 rings (SSSR count). The lowest BCUT2D eigenvalue weighted by Gasteiger charge is -2.34. The number of alkyl halides is 3. The largest absolute Gasteiger partial charge is 0.469 e. The lowest BCUT2D eigenvalue weighted by atomic mass is 10.1. The number of hydrogen-bond acceptors (Lipinski definition) is 4. The van der Waals surface area contributed by atoms with Gasteiger partial charge in [0.05, 0.1) is 17.6 Å². The normalized spacial score (nSPS) is 17.0. The fraction of sp³-hybridized carbons (Fsp3) is 0.562. The Morgan fingerprint density at radius 3 is 2.68 bits per heavy atom. The minimum Gasteiger partial charge on any atom is -0.469 e. The van der Waals surface area contributed by atoms with Crippen molar-refractivity contribution in [3.05, 3.63) is 23.2 Å². The van der Waals surface area contributed by atoms with Crippen LogP contribution < -0.4 is 0 Å². The summed E-state index contributed by atoms with van der Waals surface area (Å²) in [6, 6.07) is 1.38. The molecule has 9 heteroatoms. The van der Waals surface area contributed by atoms with Crippen LogP contribution >= 0.6 is 0 Å². The molecule has 6 nitrogen and oxygen atoms in total. The molecular formula is C16H18F3N3O3. The van der Waals surface area contributed by atoms with Gasteiger partial charge in [-0.15, -0.1) is 0 Å². The van der Waals surface area contributed by atoms with Crippen LogP contribution in [0.4, 0.5) is 18.0 Å².